The van der Waals surface area contributed by atoms with Gasteiger partial charge in [-0.25, -0.2) is 8.78 Å². The molecule has 141 heavy (non-hydrogen) atoms. The summed E-state index contributed by atoms with van der Waals surface area (Å²) in [4.78, 5) is 65.5. The number of carboxylic acid groups (broad SMARTS) is 1. The number of hydrogen-bond donors (Lipinski definition) is 6. The molecule has 0 aliphatic heterocycles. The Hall–Kier alpha value is -4.89. The Morgan fingerprint density at radius 3 is 0.681 bits per heavy atom. The first-order chi connectivity index (χ1) is 63.8. The number of aliphatic carboxylic acids is 1. The van der Waals surface area contributed by atoms with Crippen LogP contribution in [-0.2, 0) is 107 Å². The van der Waals surface area contributed by atoms with Gasteiger partial charge in [0, 0.05) is 45.8 Å². The molecule has 0 amide bonds. The topological polar surface area (TPSA) is 448 Å². The van der Waals surface area contributed by atoms with Crippen molar-refractivity contribution in [1.82, 2.24) is 0 Å². The molecule has 6 aromatic rings. The Labute approximate surface area is 918 Å². The van der Waals surface area contributed by atoms with Gasteiger partial charge in [0.25, 0.3) is 5.92 Å². The molecule has 6 N–H and O–H groups in total. The number of ether oxygens (including phenoxy) is 4. The summed E-state index contributed by atoms with van der Waals surface area (Å²) in [6.45, 7) is -1.60. The van der Waals surface area contributed by atoms with Crippen LogP contribution in [0.5, 0.6) is 0 Å². The zero-order chi connectivity index (χ0) is 101. The number of benzene rings is 6. The zero-order valence-electron chi connectivity index (χ0n) is 78.3. The Balaban J connectivity index is 0.000000538. The number of esters is 4. The van der Waals surface area contributed by atoms with Gasteiger partial charge in [-0.2, -0.15) is 0 Å². The van der Waals surface area contributed by atoms with Crippen LogP contribution in [0.15, 0.2) is 211 Å². The number of carbonyl (C=O) groups is 5. The van der Waals surface area contributed by atoms with E-state index in [1.165, 1.54) is 36.3 Å². The maximum Gasteiger partial charge on any atom is 1.00 e. The zero-order valence-corrected chi connectivity index (χ0v) is 92.0. The molecule has 16 bridgehead atoms. The molecule has 6 aromatic carbocycles. The minimum Gasteiger partial charge on any atom is -1.00 e. The van der Waals surface area contributed by atoms with Gasteiger partial charge in [0.15, 0.2) is 36.0 Å². The van der Waals surface area contributed by atoms with Crippen molar-refractivity contribution < 1.29 is 299 Å². The standard InChI is InChI=1S/2C18H15S.C14H20F2O3.2C13H17F2O3.C11H16O3.C4H5F2O2.C2H3F2O.ClH.4Na.4O3S/c2*1-4-10-16(11-5-1)19(17-12-6-2-7-13-17)18-14-8-3-9-15-18;1-12(15,16)8-19-11(17)13-3-9-2-10(4-13)6-14(18,5-9)7-13;2*14-10(15)6-18-11(16)12-2-8-1-9(3-12)5-13(17,4-8)7-12;12-9(13)10-2-7-1-8(3-10)5-11(14,4-7)6-10;1-2-8-4(7)3(5)6;3-2(4)1-5;;;;;;4*1-4(2)3/h2*1-15H;9-10,18H,2-8H2,1H3;2*8-9,17H,1-7H2;7-8,14H,1-6H2,(H,12,13);2H2,1H3;5H,1H2;1H;;;;;;;;/q2*+1;;2*-1;;2*-1;;4*+1;;;;/p-1. The first-order valence-electron chi connectivity index (χ1n) is 43.2. The van der Waals surface area contributed by atoms with E-state index < -0.39 is 174 Å². The number of rotatable bonds is 19. The predicted octanol–water partition coefficient (Wildman–Crippen LogP) is 0.450. The van der Waals surface area contributed by atoms with Gasteiger partial charge >= 0.3 is 185 Å². The van der Waals surface area contributed by atoms with E-state index in [0.29, 0.717) is 112 Å². The van der Waals surface area contributed by atoms with Gasteiger partial charge < -0.3 is 97.1 Å². The SMILES string of the molecule is CC(F)(F)COC(=O)C12CC3CC(CC(O)(C3)C1)C2.CCOC(=O)[C-](F)F.O=C(O)C12CC3CC(CC(O)(C3)C1)C2.O=C(OC[C-](F)F)C12CC3CC(CC(O)(C3)C1)C2.O=C(OC[C-](F)F)C12CC3CC(CC(O)(C3)C1)C2.O=S(=O)=O.O=S(=O)=O.O=S(=O)=O.O=S(=O)=O.OC[C-](F)F.[Cl-].[Na+].[Na+].[Na+].[Na+].c1ccc([S+](c2ccccc2)c2ccccc2)cc1.c1ccc([S+](c2ccccc2)c2ccccc2)cc1. The molecule has 0 aromatic heterocycles. The van der Waals surface area contributed by atoms with Crippen molar-refractivity contribution in [3.8, 4) is 0 Å². The summed E-state index contributed by atoms with van der Waals surface area (Å²) in [5, 5.41) is 58.2. The predicted molar refractivity (Wildman–Crippen MR) is 467 cm³/mol. The summed E-state index contributed by atoms with van der Waals surface area (Å²) in [5.74, 6) is -3.77. The van der Waals surface area contributed by atoms with Crippen molar-refractivity contribution in [1.29, 1.82) is 0 Å². The third kappa shape index (κ3) is 42.9. The van der Waals surface area contributed by atoms with E-state index in [1.54, 1.807) is 0 Å². The number of aliphatic hydroxyl groups is 5. The minimum atomic E-state index is -3.11. The molecule has 16 saturated carbocycles. The van der Waals surface area contributed by atoms with E-state index in [1.807, 2.05) is 0 Å². The molecule has 16 aliphatic carbocycles. The molecule has 27 nitrogen and oxygen atoms in total. The first-order valence-corrected chi connectivity index (χ1v) is 49.6. The van der Waals surface area contributed by atoms with Crippen LogP contribution in [0, 0.1) is 94.7 Å². The molecule has 48 heteroatoms. The molecule has 8 unspecified atom stereocenters. The van der Waals surface area contributed by atoms with E-state index in [-0.39, 0.29) is 159 Å². The second-order valence-corrected chi connectivity index (χ2v) is 42.1. The van der Waals surface area contributed by atoms with Crippen molar-refractivity contribution in [3.05, 3.63) is 208 Å². The van der Waals surface area contributed by atoms with Crippen molar-refractivity contribution in [2.45, 2.75) is 226 Å². The van der Waals surface area contributed by atoms with Crippen LogP contribution in [0.3, 0.4) is 0 Å². The summed E-state index contributed by atoms with van der Waals surface area (Å²) in [6.07, 6.45) is 9.96. The Morgan fingerprint density at radius 1 is 0.348 bits per heavy atom. The van der Waals surface area contributed by atoms with Crippen molar-refractivity contribution in [2.75, 3.05) is 33.0 Å². The van der Waals surface area contributed by atoms with Gasteiger partial charge in [-0.3, -0.25) is 24.0 Å². The molecular formula is C93H108ClF10Na4O27S6+. The molecule has 16 fully saturated rings. The van der Waals surface area contributed by atoms with E-state index in [2.05, 4.69) is 187 Å². The Bertz CT molecular complexity index is 4800. The van der Waals surface area contributed by atoms with Gasteiger partial charge in [-0.1, -0.05) is 109 Å². The molecule has 8 atom stereocenters. The Morgan fingerprint density at radius 2 is 0.532 bits per heavy atom. The maximum atomic E-state index is 12.8. The summed E-state index contributed by atoms with van der Waals surface area (Å²) in [7, 11) is -12.5. The molecule has 22 rings (SSSR count). The summed E-state index contributed by atoms with van der Waals surface area (Å²) < 4.78 is 236. The molecule has 0 saturated heterocycles. The van der Waals surface area contributed by atoms with Crippen LogP contribution < -0.4 is 131 Å². The van der Waals surface area contributed by atoms with Crippen molar-refractivity contribution >= 4 is 94.1 Å². The molecule has 16 aliphatic rings. The van der Waals surface area contributed by atoms with E-state index in [9.17, 15) is 93.4 Å². The second-order valence-electron chi connectivity index (χ2n) is 36.4. The number of carbonyl (C=O) groups excluding carboxylic acids is 4. The van der Waals surface area contributed by atoms with Gasteiger partial charge in [0.05, 0.1) is 72.5 Å². The minimum absolute atomic E-state index is 0. The van der Waals surface area contributed by atoms with Crippen molar-refractivity contribution in [3.63, 3.8) is 0 Å². The van der Waals surface area contributed by atoms with Crippen LogP contribution >= 0.6 is 0 Å². The fourth-order valence-corrected chi connectivity index (χ4v) is 27.3. The monoisotopic (exact) mass is 2170 g/mol. The quantitative estimate of drug-likeness (QED) is 0.0160. The largest absolute Gasteiger partial charge is 1.00 e. The molecule has 758 valence electrons. The summed E-state index contributed by atoms with van der Waals surface area (Å²) in [6, 6.07) is 64.3. The summed E-state index contributed by atoms with van der Waals surface area (Å²) in [5.41, 5.74) is -5.60. The van der Waals surface area contributed by atoms with Crippen LogP contribution in [0.1, 0.15) is 168 Å². The van der Waals surface area contributed by atoms with Gasteiger partial charge in [-0.15, -0.1) is 50.5 Å². The average Bonchev–Trinajstić information content (AvgIpc) is 0.733. The van der Waals surface area contributed by atoms with Gasteiger partial charge in [0.1, 0.15) is 0 Å². The molecule has 0 radical (unpaired) electrons. The third-order valence-electron chi connectivity index (χ3n) is 25.4. The van der Waals surface area contributed by atoms with Crippen LogP contribution in [-0.4, -0.2) is 172 Å². The molecular weight excluding hydrogens is 2060 g/mol. The van der Waals surface area contributed by atoms with E-state index in [4.69, 9.17) is 69.8 Å². The average molecular weight is 2170 g/mol. The molecule has 0 spiro atoms. The number of carboxylic acids is 1. The van der Waals surface area contributed by atoms with Gasteiger partial charge in [0.2, 0.25) is 5.97 Å². The van der Waals surface area contributed by atoms with E-state index >= 15 is 0 Å². The third-order valence-corrected chi connectivity index (χ3v) is 29.8. The normalized spacial score (nSPS) is 27.4. The smallest absolute Gasteiger partial charge is 1.00 e. The number of aliphatic hydroxyl groups excluding tert-OH is 1. The van der Waals surface area contributed by atoms with Crippen LogP contribution in [0.25, 0.3) is 0 Å². The van der Waals surface area contributed by atoms with Crippen molar-refractivity contribution in [2.24, 2.45) is 69.0 Å². The van der Waals surface area contributed by atoms with E-state index in [0.717, 1.165) is 96.8 Å². The Kier molecular flexibility index (Phi) is 57.5. The summed E-state index contributed by atoms with van der Waals surface area (Å²) >= 11 is 0. The van der Waals surface area contributed by atoms with Crippen LogP contribution in [0.4, 0.5) is 43.9 Å². The second kappa shape index (κ2) is 61.3. The first kappa shape index (κ1) is 132. The maximum absolute atomic E-state index is 12.8. The number of alkyl halides is 2. The fourth-order valence-electron chi connectivity index (χ4n) is 23.1. The number of halogens is 11. The number of hydrogen-bond acceptors (Lipinski definition) is 26. The molecule has 0 heterocycles. The van der Waals surface area contributed by atoms with Crippen LogP contribution in [0.2, 0.25) is 0 Å². The fraction of sp³-hybridized carbons (Fsp3) is 0.516. The van der Waals surface area contributed by atoms with Gasteiger partial charge in [-0.05, 0) is 288 Å².